The third-order valence-electron chi connectivity index (χ3n) is 2.37. The quantitative estimate of drug-likeness (QED) is 0.943. The molecule has 0 saturated heterocycles. The van der Waals surface area contributed by atoms with E-state index in [0.717, 1.165) is 9.35 Å². The van der Waals surface area contributed by atoms with Crippen molar-refractivity contribution in [1.29, 1.82) is 5.26 Å². The molecule has 0 bridgehead atoms. The number of benzene rings is 1. The molecule has 1 aromatic carbocycles. The Bertz CT molecular complexity index is 598. The van der Waals surface area contributed by atoms with Crippen LogP contribution in [0.5, 0.6) is 0 Å². The summed E-state index contributed by atoms with van der Waals surface area (Å²) in [4.78, 5) is 11.8. The molecule has 1 heterocycles. The van der Waals surface area contributed by atoms with Crippen LogP contribution < -0.4 is 5.32 Å². The number of rotatable bonds is 3. The molecule has 5 heteroatoms. The van der Waals surface area contributed by atoms with Crippen molar-refractivity contribution in [2.45, 2.75) is 6.54 Å². The van der Waals surface area contributed by atoms with Gasteiger partial charge in [-0.2, -0.15) is 5.26 Å². The first-order chi connectivity index (χ1) is 8.69. The van der Waals surface area contributed by atoms with Crippen LogP contribution in [-0.4, -0.2) is 5.91 Å². The summed E-state index contributed by atoms with van der Waals surface area (Å²) >= 11 is 4.80. The largest absolute Gasteiger partial charge is 0.348 e. The maximum Gasteiger partial charge on any atom is 0.252 e. The Kier molecular flexibility index (Phi) is 4.13. The van der Waals surface area contributed by atoms with E-state index >= 15 is 0 Å². The molecule has 2 rings (SSSR count). The van der Waals surface area contributed by atoms with Crippen molar-refractivity contribution in [3.63, 3.8) is 0 Å². The van der Waals surface area contributed by atoms with Gasteiger partial charge < -0.3 is 5.32 Å². The number of nitrogens with one attached hydrogen (secondary N) is 1. The lowest BCUT2D eigenvalue weighted by Crippen LogP contribution is -2.22. The van der Waals surface area contributed by atoms with Gasteiger partial charge in [0.2, 0.25) is 0 Å². The van der Waals surface area contributed by atoms with Crippen molar-refractivity contribution in [1.82, 2.24) is 5.32 Å². The Balaban J connectivity index is 1.95. The molecule has 1 aromatic heterocycles. The van der Waals surface area contributed by atoms with E-state index in [1.807, 2.05) is 12.1 Å². The van der Waals surface area contributed by atoms with Gasteiger partial charge in [0, 0.05) is 11.9 Å². The standard InChI is InChI=1S/C13H9BrN2OS/c14-12-5-11(8-18-12)13(17)16-7-10-3-1-9(6-15)2-4-10/h1-5,8H,7H2,(H,16,17). The van der Waals surface area contributed by atoms with Gasteiger partial charge in [0.25, 0.3) is 5.91 Å². The van der Waals surface area contributed by atoms with Crippen LogP contribution in [0.1, 0.15) is 21.5 Å². The number of amides is 1. The average molecular weight is 321 g/mol. The summed E-state index contributed by atoms with van der Waals surface area (Å²) in [6, 6.07) is 11.0. The van der Waals surface area contributed by atoms with Gasteiger partial charge in [0.1, 0.15) is 0 Å². The van der Waals surface area contributed by atoms with Crippen molar-refractivity contribution >= 4 is 33.2 Å². The van der Waals surface area contributed by atoms with Crippen LogP contribution in [0.3, 0.4) is 0 Å². The Labute approximate surface area is 117 Å². The van der Waals surface area contributed by atoms with Crippen LogP contribution in [0.15, 0.2) is 39.5 Å². The van der Waals surface area contributed by atoms with E-state index in [9.17, 15) is 4.79 Å². The highest BCUT2D eigenvalue weighted by Gasteiger charge is 2.07. The Hall–Kier alpha value is -1.64. The number of thiophene rings is 1. The summed E-state index contributed by atoms with van der Waals surface area (Å²) < 4.78 is 0.936. The predicted molar refractivity (Wildman–Crippen MR) is 74.3 cm³/mol. The highest BCUT2D eigenvalue weighted by atomic mass is 79.9. The molecule has 0 saturated carbocycles. The van der Waals surface area contributed by atoms with Gasteiger partial charge in [-0.3, -0.25) is 4.79 Å². The third kappa shape index (κ3) is 3.19. The Morgan fingerprint density at radius 3 is 2.67 bits per heavy atom. The van der Waals surface area contributed by atoms with Crippen molar-refractivity contribution in [2.24, 2.45) is 0 Å². The monoisotopic (exact) mass is 320 g/mol. The van der Waals surface area contributed by atoms with Crippen molar-refractivity contribution in [3.8, 4) is 6.07 Å². The van der Waals surface area contributed by atoms with Crippen LogP contribution in [0, 0.1) is 11.3 Å². The minimum Gasteiger partial charge on any atom is -0.348 e. The third-order valence-corrected chi connectivity index (χ3v) is 3.87. The molecule has 90 valence electrons. The van der Waals surface area contributed by atoms with Crippen molar-refractivity contribution in [2.75, 3.05) is 0 Å². The lowest BCUT2D eigenvalue weighted by molar-refractivity contribution is 0.0951. The van der Waals surface area contributed by atoms with Crippen LogP contribution in [0.4, 0.5) is 0 Å². The zero-order valence-corrected chi connectivity index (χ0v) is 11.7. The number of nitrogens with zero attached hydrogens (tertiary/aromatic N) is 1. The van der Waals surface area contributed by atoms with E-state index in [0.29, 0.717) is 17.7 Å². The summed E-state index contributed by atoms with van der Waals surface area (Å²) in [6.07, 6.45) is 0. The summed E-state index contributed by atoms with van der Waals surface area (Å²) in [5.41, 5.74) is 2.24. The molecule has 0 unspecified atom stereocenters. The molecule has 3 nitrogen and oxygen atoms in total. The van der Waals surface area contributed by atoms with Gasteiger partial charge in [0.05, 0.1) is 21.0 Å². The molecule has 0 spiro atoms. The van der Waals surface area contributed by atoms with Crippen LogP contribution in [-0.2, 0) is 6.54 Å². The number of hydrogen-bond acceptors (Lipinski definition) is 3. The molecule has 0 aliphatic rings. The van der Waals surface area contributed by atoms with Gasteiger partial charge in [-0.1, -0.05) is 12.1 Å². The fraction of sp³-hybridized carbons (Fsp3) is 0.0769. The molecule has 18 heavy (non-hydrogen) atoms. The van der Waals surface area contributed by atoms with Gasteiger partial charge in [-0.05, 0) is 39.7 Å². The topological polar surface area (TPSA) is 52.9 Å². The van der Waals surface area contributed by atoms with E-state index in [1.54, 1.807) is 23.6 Å². The minimum atomic E-state index is -0.0960. The van der Waals surface area contributed by atoms with E-state index in [4.69, 9.17) is 5.26 Å². The number of hydrogen-bond donors (Lipinski definition) is 1. The molecular formula is C13H9BrN2OS. The second kappa shape index (κ2) is 5.80. The zero-order chi connectivity index (χ0) is 13.0. The summed E-state index contributed by atoms with van der Waals surface area (Å²) in [5.74, 6) is -0.0960. The van der Waals surface area contributed by atoms with Gasteiger partial charge in [-0.25, -0.2) is 0 Å². The van der Waals surface area contributed by atoms with E-state index in [2.05, 4.69) is 27.3 Å². The first kappa shape index (κ1) is 12.8. The number of carbonyl (C=O) groups is 1. The van der Waals surface area contributed by atoms with Crippen LogP contribution in [0.2, 0.25) is 0 Å². The highest BCUT2D eigenvalue weighted by molar-refractivity contribution is 9.11. The molecule has 0 fully saturated rings. The second-order valence-corrected chi connectivity index (χ2v) is 5.92. The summed E-state index contributed by atoms with van der Waals surface area (Å²) in [7, 11) is 0. The second-order valence-electron chi connectivity index (χ2n) is 3.63. The van der Waals surface area contributed by atoms with Crippen LogP contribution in [0.25, 0.3) is 0 Å². The summed E-state index contributed by atoms with van der Waals surface area (Å²) in [6.45, 7) is 0.456. The van der Waals surface area contributed by atoms with Crippen LogP contribution >= 0.6 is 27.3 Å². The normalized spacial score (nSPS) is 9.78. The van der Waals surface area contributed by atoms with E-state index < -0.39 is 0 Å². The minimum absolute atomic E-state index is 0.0960. The molecule has 0 aliphatic heterocycles. The first-order valence-electron chi connectivity index (χ1n) is 5.20. The van der Waals surface area contributed by atoms with Gasteiger partial charge >= 0.3 is 0 Å². The molecule has 0 atom stereocenters. The molecule has 1 amide bonds. The maximum atomic E-state index is 11.8. The molecule has 2 aromatic rings. The fourth-order valence-electron chi connectivity index (χ4n) is 1.41. The molecular weight excluding hydrogens is 312 g/mol. The zero-order valence-electron chi connectivity index (χ0n) is 9.31. The number of carbonyl (C=O) groups excluding carboxylic acids is 1. The molecule has 1 N–H and O–H groups in total. The lowest BCUT2D eigenvalue weighted by atomic mass is 10.1. The number of halogens is 1. The Morgan fingerprint density at radius 1 is 1.39 bits per heavy atom. The number of nitriles is 1. The van der Waals surface area contributed by atoms with Crippen molar-refractivity contribution in [3.05, 3.63) is 56.2 Å². The van der Waals surface area contributed by atoms with E-state index in [1.165, 1.54) is 11.3 Å². The summed E-state index contributed by atoms with van der Waals surface area (Å²) in [5, 5.41) is 13.3. The lowest BCUT2D eigenvalue weighted by Gasteiger charge is -2.03. The Morgan fingerprint density at radius 2 is 2.11 bits per heavy atom. The first-order valence-corrected chi connectivity index (χ1v) is 6.87. The van der Waals surface area contributed by atoms with E-state index in [-0.39, 0.29) is 5.91 Å². The maximum absolute atomic E-state index is 11.8. The molecule has 0 radical (unpaired) electrons. The smallest absolute Gasteiger partial charge is 0.252 e. The molecule has 0 aliphatic carbocycles. The fourth-order valence-corrected chi connectivity index (χ4v) is 2.55. The van der Waals surface area contributed by atoms with Gasteiger partial charge in [-0.15, -0.1) is 11.3 Å². The average Bonchev–Trinajstić information content (AvgIpc) is 2.83. The highest BCUT2D eigenvalue weighted by Crippen LogP contribution is 2.20. The van der Waals surface area contributed by atoms with Crippen molar-refractivity contribution < 1.29 is 4.79 Å². The van der Waals surface area contributed by atoms with Gasteiger partial charge in [0.15, 0.2) is 0 Å². The SMILES string of the molecule is N#Cc1ccc(CNC(=O)c2csc(Br)c2)cc1. The predicted octanol–water partition coefficient (Wildman–Crippen LogP) is 3.31.